The Kier molecular flexibility index (Phi) is 5.06. The molecular formula is C16H20ClN5. The molecule has 6 heteroatoms. The fourth-order valence-electron chi connectivity index (χ4n) is 2.61. The Morgan fingerprint density at radius 2 is 1.77 bits per heavy atom. The number of hydrogen-bond donors (Lipinski definition) is 1. The molecule has 22 heavy (non-hydrogen) atoms. The van der Waals surface area contributed by atoms with Crippen LogP contribution in [0.15, 0.2) is 30.5 Å². The van der Waals surface area contributed by atoms with Crippen LogP contribution in [0, 0.1) is 0 Å². The van der Waals surface area contributed by atoms with Crippen LogP contribution in [-0.2, 0) is 6.54 Å². The van der Waals surface area contributed by atoms with Crippen molar-refractivity contribution in [3.8, 4) is 0 Å². The van der Waals surface area contributed by atoms with Gasteiger partial charge < -0.3 is 10.2 Å². The van der Waals surface area contributed by atoms with Crippen LogP contribution in [0.4, 0.5) is 11.8 Å². The summed E-state index contributed by atoms with van der Waals surface area (Å²) in [5.74, 6) is 1.48. The van der Waals surface area contributed by atoms with Crippen molar-refractivity contribution in [3.63, 3.8) is 0 Å². The van der Waals surface area contributed by atoms with Gasteiger partial charge in [0.25, 0.3) is 0 Å². The van der Waals surface area contributed by atoms with Crippen LogP contribution < -0.4 is 10.2 Å². The summed E-state index contributed by atoms with van der Waals surface area (Å²) in [6.07, 6.45) is 6.79. The largest absolute Gasteiger partial charge is 0.355 e. The number of rotatable bonds is 4. The predicted molar refractivity (Wildman–Crippen MR) is 89.3 cm³/mol. The number of benzene rings is 1. The van der Waals surface area contributed by atoms with Crippen LogP contribution in [-0.4, -0.2) is 28.3 Å². The van der Waals surface area contributed by atoms with Gasteiger partial charge in [-0.25, -0.2) is 0 Å². The molecule has 1 aliphatic heterocycles. The van der Waals surface area contributed by atoms with E-state index >= 15 is 0 Å². The topological polar surface area (TPSA) is 53.9 Å². The molecule has 1 fully saturated rings. The maximum Gasteiger partial charge on any atom is 0.244 e. The number of nitrogens with one attached hydrogen (secondary N) is 1. The number of halogens is 1. The second-order valence-corrected chi connectivity index (χ2v) is 5.96. The lowest BCUT2D eigenvalue weighted by atomic mass is 10.2. The molecule has 116 valence electrons. The van der Waals surface area contributed by atoms with Crippen molar-refractivity contribution < 1.29 is 0 Å². The van der Waals surface area contributed by atoms with E-state index in [9.17, 15) is 0 Å². The third kappa shape index (κ3) is 4.07. The van der Waals surface area contributed by atoms with Gasteiger partial charge >= 0.3 is 0 Å². The van der Waals surface area contributed by atoms with Crippen molar-refractivity contribution in [2.24, 2.45) is 0 Å². The minimum atomic E-state index is 0.566. The first-order chi connectivity index (χ1) is 10.8. The molecule has 0 amide bonds. The number of nitrogens with zero attached hydrogens (tertiary/aromatic N) is 4. The van der Waals surface area contributed by atoms with Crippen LogP contribution in [0.5, 0.6) is 0 Å². The summed E-state index contributed by atoms with van der Waals surface area (Å²) in [6.45, 7) is 2.76. The molecule has 0 radical (unpaired) electrons. The molecule has 5 nitrogen and oxygen atoms in total. The maximum absolute atomic E-state index is 5.89. The van der Waals surface area contributed by atoms with Crippen molar-refractivity contribution in [3.05, 3.63) is 41.0 Å². The summed E-state index contributed by atoms with van der Waals surface area (Å²) in [5, 5.41) is 12.1. The fraction of sp³-hybridized carbons (Fsp3) is 0.438. The molecule has 2 aromatic rings. The van der Waals surface area contributed by atoms with E-state index in [-0.39, 0.29) is 0 Å². The summed E-state index contributed by atoms with van der Waals surface area (Å²) >= 11 is 5.89. The molecule has 1 aromatic heterocycles. The Morgan fingerprint density at radius 3 is 2.50 bits per heavy atom. The first-order valence-electron chi connectivity index (χ1n) is 7.74. The first kappa shape index (κ1) is 15.0. The van der Waals surface area contributed by atoms with Gasteiger partial charge in [0.05, 0.1) is 6.20 Å². The molecule has 0 aliphatic carbocycles. The molecule has 1 N–H and O–H groups in total. The van der Waals surface area contributed by atoms with Gasteiger partial charge in [-0.3, -0.25) is 0 Å². The van der Waals surface area contributed by atoms with Crippen LogP contribution in [0.25, 0.3) is 0 Å². The van der Waals surface area contributed by atoms with Gasteiger partial charge in [-0.05, 0) is 30.5 Å². The van der Waals surface area contributed by atoms with Gasteiger partial charge in [-0.15, -0.1) is 5.10 Å². The van der Waals surface area contributed by atoms with E-state index in [1.807, 2.05) is 24.3 Å². The van der Waals surface area contributed by atoms with Gasteiger partial charge in [0.2, 0.25) is 5.95 Å². The Bertz CT molecular complexity index is 594. The summed E-state index contributed by atoms with van der Waals surface area (Å²) < 4.78 is 0. The monoisotopic (exact) mass is 317 g/mol. The normalized spacial score (nSPS) is 15.4. The molecule has 0 atom stereocenters. The van der Waals surface area contributed by atoms with Gasteiger partial charge in [0, 0.05) is 24.7 Å². The van der Waals surface area contributed by atoms with Gasteiger partial charge in [0.1, 0.15) is 0 Å². The highest BCUT2D eigenvalue weighted by molar-refractivity contribution is 6.30. The molecule has 2 heterocycles. The highest BCUT2D eigenvalue weighted by Gasteiger charge is 2.12. The predicted octanol–water partition coefficient (Wildman–Crippen LogP) is 3.52. The zero-order valence-corrected chi connectivity index (χ0v) is 13.3. The van der Waals surface area contributed by atoms with E-state index in [0.717, 1.165) is 29.5 Å². The lowest BCUT2D eigenvalue weighted by Gasteiger charge is -2.20. The minimum Gasteiger partial charge on any atom is -0.355 e. The molecular weight excluding hydrogens is 298 g/mol. The Morgan fingerprint density at radius 1 is 1.05 bits per heavy atom. The Hall–Kier alpha value is -1.88. The van der Waals surface area contributed by atoms with E-state index in [1.165, 1.54) is 25.7 Å². The average Bonchev–Trinajstić information content (AvgIpc) is 2.84. The summed E-state index contributed by atoms with van der Waals surface area (Å²) in [6, 6.07) is 7.74. The van der Waals surface area contributed by atoms with Gasteiger partial charge in [-0.2, -0.15) is 10.1 Å². The lowest BCUT2D eigenvalue weighted by Crippen LogP contribution is -2.25. The van der Waals surface area contributed by atoms with E-state index in [4.69, 9.17) is 11.6 Å². The second kappa shape index (κ2) is 7.40. The quantitative estimate of drug-likeness (QED) is 0.935. The summed E-state index contributed by atoms with van der Waals surface area (Å²) in [5.41, 5.74) is 1.13. The van der Waals surface area contributed by atoms with E-state index < -0.39 is 0 Å². The van der Waals surface area contributed by atoms with Crippen LogP contribution in [0.1, 0.15) is 31.2 Å². The molecule has 0 bridgehead atoms. The van der Waals surface area contributed by atoms with Crippen molar-refractivity contribution >= 4 is 23.4 Å². The zero-order valence-electron chi connectivity index (χ0n) is 12.5. The van der Waals surface area contributed by atoms with Crippen LogP contribution >= 0.6 is 11.6 Å². The van der Waals surface area contributed by atoms with Crippen LogP contribution in [0.3, 0.4) is 0 Å². The van der Waals surface area contributed by atoms with Crippen molar-refractivity contribution in [2.45, 2.75) is 32.2 Å². The highest BCUT2D eigenvalue weighted by Crippen LogP contribution is 2.17. The van der Waals surface area contributed by atoms with Crippen molar-refractivity contribution in [1.82, 2.24) is 15.2 Å². The smallest absolute Gasteiger partial charge is 0.244 e. The van der Waals surface area contributed by atoms with Crippen LogP contribution in [0.2, 0.25) is 5.02 Å². The maximum atomic E-state index is 5.89. The lowest BCUT2D eigenvalue weighted by molar-refractivity contribution is 0.726. The Balaban J connectivity index is 1.64. The second-order valence-electron chi connectivity index (χ2n) is 5.52. The summed E-state index contributed by atoms with van der Waals surface area (Å²) in [7, 11) is 0. The molecule has 1 saturated heterocycles. The van der Waals surface area contributed by atoms with E-state index in [0.29, 0.717) is 12.5 Å². The number of hydrogen-bond acceptors (Lipinski definition) is 5. The van der Waals surface area contributed by atoms with E-state index in [2.05, 4.69) is 25.4 Å². The fourth-order valence-corrected chi connectivity index (χ4v) is 2.73. The summed E-state index contributed by atoms with van der Waals surface area (Å²) in [4.78, 5) is 6.89. The van der Waals surface area contributed by atoms with Gasteiger partial charge in [0.15, 0.2) is 5.82 Å². The highest BCUT2D eigenvalue weighted by atomic mass is 35.5. The number of aromatic nitrogens is 3. The average molecular weight is 318 g/mol. The van der Waals surface area contributed by atoms with Crippen molar-refractivity contribution in [2.75, 3.05) is 23.3 Å². The molecule has 0 saturated carbocycles. The molecule has 0 spiro atoms. The first-order valence-corrected chi connectivity index (χ1v) is 8.12. The zero-order chi connectivity index (χ0) is 15.2. The third-order valence-electron chi connectivity index (χ3n) is 3.84. The van der Waals surface area contributed by atoms with Crippen molar-refractivity contribution in [1.29, 1.82) is 0 Å². The standard InChI is InChI=1S/C16H20ClN5/c17-14-7-5-13(6-8-14)11-18-16-20-15(12-19-21-16)22-9-3-1-2-4-10-22/h5-8,12H,1-4,9-11H2,(H,18,20,21). The molecule has 1 aliphatic rings. The van der Waals surface area contributed by atoms with E-state index in [1.54, 1.807) is 6.20 Å². The minimum absolute atomic E-state index is 0.566. The Labute approximate surface area is 135 Å². The molecule has 0 unspecified atom stereocenters. The molecule has 3 rings (SSSR count). The van der Waals surface area contributed by atoms with Gasteiger partial charge in [-0.1, -0.05) is 36.6 Å². The third-order valence-corrected chi connectivity index (χ3v) is 4.09. The molecule has 1 aromatic carbocycles. The number of anilines is 2. The SMILES string of the molecule is Clc1ccc(CNc2nncc(N3CCCCCC3)n2)cc1.